The van der Waals surface area contributed by atoms with Gasteiger partial charge in [-0.2, -0.15) is 0 Å². The maximum Gasteiger partial charge on any atom is 0.335 e. The summed E-state index contributed by atoms with van der Waals surface area (Å²) in [5.41, 5.74) is 0.100. The molecule has 6 heteroatoms. The third-order valence-corrected chi connectivity index (χ3v) is 2.99. The van der Waals surface area contributed by atoms with Crippen LogP contribution in [0.1, 0.15) is 35.8 Å². The van der Waals surface area contributed by atoms with Crippen molar-refractivity contribution in [3.8, 4) is 0 Å². The summed E-state index contributed by atoms with van der Waals surface area (Å²) in [5.74, 6) is -1.82. The molecule has 1 N–H and O–H groups in total. The maximum absolute atomic E-state index is 13.4. The number of imidazole rings is 1. The second-order valence-corrected chi connectivity index (χ2v) is 4.86. The minimum absolute atomic E-state index is 0.0332. The zero-order valence-electron chi connectivity index (χ0n) is 11.2. The molecule has 1 aromatic carbocycles. The highest BCUT2D eigenvalue weighted by atomic mass is 19.1. The molecule has 0 fully saturated rings. The molecule has 0 bridgehead atoms. The molecular weight excluding hydrogens is 263 g/mol. The molecule has 0 aliphatic rings. The van der Waals surface area contributed by atoms with E-state index in [1.807, 2.05) is 13.8 Å². The van der Waals surface area contributed by atoms with Crippen LogP contribution in [0.25, 0.3) is 0 Å². The van der Waals surface area contributed by atoms with Crippen LogP contribution < -0.4 is 5.69 Å². The van der Waals surface area contributed by atoms with Gasteiger partial charge in [-0.25, -0.2) is 14.0 Å². The van der Waals surface area contributed by atoms with E-state index in [0.717, 1.165) is 6.07 Å². The fourth-order valence-electron chi connectivity index (χ4n) is 2.00. The van der Waals surface area contributed by atoms with Gasteiger partial charge in [-0.15, -0.1) is 0 Å². The first-order valence-electron chi connectivity index (χ1n) is 6.18. The number of aromatic nitrogens is 2. The van der Waals surface area contributed by atoms with E-state index in [1.54, 1.807) is 17.0 Å². The van der Waals surface area contributed by atoms with Gasteiger partial charge >= 0.3 is 11.7 Å². The van der Waals surface area contributed by atoms with Crippen LogP contribution in [0, 0.1) is 5.82 Å². The van der Waals surface area contributed by atoms with E-state index in [0.29, 0.717) is 5.56 Å². The van der Waals surface area contributed by atoms with Crippen LogP contribution >= 0.6 is 0 Å². The molecular formula is C14H15FN2O3. The number of rotatable bonds is 4. The van der Waals surface area contributed by atoms with E-state index in [9.17, 15) is 14.0 Å². The van der Waals surface area contributed by atoms with Crippen molar-refractivity contribution in [3.63, 3.8) is 0 Å². The lowest BCUT2D eigenvalue weighted by Crippen LogP contribution is -2.25. The number of hydrogen-bond acceptors (Lipinski definition) is 2. The molecule has 2 rings (SSSR count). The highest BCUT2D eigenvalue weighted by molar-refractivity contribution is 5.87. The number of aromatic carboxylic acids is 1. The van der Waals surface area contributed by atoms with Crippen molar-refractivity contribution in [2.45, 2.75) is 26.4 Å². The number of hydrogen-bond donors (Lipinski definition) is 1. The molecule has 0 unspecified atom stereocenters. The molecule has 1 aromatic heterocycles. The minimum Gasteiger partial charge on any atom is -0.478 e. The van der Waals surface area contributed by atoms with E-state index in [1.165, 1.54) is 16.7 Å². The van der Waals surface area contributed by atoms with Gasteiger partial charge in [0.15, 0.2) is 0 Å². The molecule has 1 heterocycles. The number of carbonyl (C=O) groups is 1. The summed E-state index contributed by atoms with van der Waals surface area (Å²) in [6.07, 6.45) is 3.26. The predicted molar refractivity (Wildman–Crippen MR) is 71.5 cm³/mol. The Hall–Kier alpha value is -2.37. The Labute approximate surface area is 114 Å². The number of nitrogens with zero attached hydrogens (tertiary/aromatic N) is 2. The summed E-state index contributed by atoms with van der Waals surface area (Å²) in [4.78, 5) is 22.9. The molecule has 0 spiro atoms. The fourth-order valence-corrected chi connectivity index (χ4v) is 2.00. The maximum atomic E-state index is 13.4. The first-order valence-corrected chi connectivity index (χ1v) is 6.18. The van der Waals surface area contributed by atoms with E-state index in [2.05, 4.69) is 0 Å². The lowest BCUT2D eigenvalue weighted by Gasteiger charge is -2.06. The van der Waals surface area contributed by atoms with Crippen molar-refractivity contribution in [3.05, 3.63) is 58.0 Å². The van der Waals surface area contributed by atoms with Gasteiger partial charge in [0.1, 0.15) is 5.82 Å². The molecule has 0 saturated carbocycles. The number of halogens is 1. The Kier molecular flexibility index (Phi) is 3.74. The van der Waals surface area contributed by atoms with E-state index in [-0.39, 0.29) is 23.8 Å². The molecule has 0 saturated heterocycles. The summed E-state index contributed by atoms with van der Waals surface area (Å²) in [5, 5.41) is 8.89. The van der Waals surface area contributed by atoms with Crippen molar-refractivity contribution in [2.75, 3.05) is 0 Å². The minimum atomic E-state index is -1.20. The van der Waals surface area contributed by atoms with Crippen LogP contribution in [0.5, 0.6) is 0 Å². The third kappa shape index (κ3) is 2.79. The molecule has 2 aromatic rings. The topological polar surface area (TPSA) is 64.2 Å². The molecule has 20 heavy (non-hydrogen) atoms. The van der Waals surface area contributed by atoms with Crippen molar-refractivity contribution in [1.82, 2.24) is 9.13 Å². The lowest BCUT2D eigenvalue weighted by molar-refractivity contribution is 0.0696. The Balaban J connectivity index is 2.35. The normalized spacial score (nSPS) is 11.0. The number of carboxylic acids is 1. The average Bonchev–Trinajstić information content (AvgIpc) is 2.70. The first kappa shape index (κ1) is 14.0. The summed E-state index contributed by atoms with van der Waals surface area (Å²) in [6, 6.07) is 3.58. The highest BCUT2D eigenvalue weighted by Crippen LogP contribution is 2.11. The fraction of sp³-hybridized carbons (Fsp3) is 0.286. The zero-order valence-corrected chi connectivity index (χ0v) is 11.2. The monoisotopic (exact) mass is 278 g/mol. The summed E-state index contributed by atoms with van der Waals surface area (Å²) in [6.45, 7) is 3.91. The van der Waals surface area contributed by atoms with Gasteiger partial charge in [0.05, 0.1) is 12.1 Å². The van der Waals surface area contributed by atoms with Crippen LogP contribution in [0.15, 0.2) is 35.4 Å². The van der Waals surface area contributed by atoms with Crippen LogP contribution in [0.3, 0.4) is 0 Å². The largest absolute Gasteiger partial charge is 0.478 e. The van der Waals surface area contributed by atoms with Gasteiger partial charge in [0, 0.05) is 18.4 Å². The Morgan fingerprint density at radius 2 is 2.00 bits per heavy atom. The standard InChI is InChI=1S/C14H15FN2O3/c1-9(2)17-4-3-16(14(17)20)8-10-5-11(13(18)19)7-12(15)6-10/h3-7,9H,8H2,1-2H3,(H,18,19). The van der Waals surface area contributed by atoms with Crippen LogP contribution in [-0.2, 0) is 6.54 Å². The second-order valence-electron chi connectivity index (χ2n) is 4.86. The average molecular weight is 278 g/mol. The smallest absolute Gasteiger partial charge is 0.335 e. The molecule has 0 amide bonds. The molecule has 5 nitrogen and oxygen atoms in total. The van der Waals surface area contributed by atoms with Crippen molar-refractivity contribution in [1.29, 1.82) is 0 Å². The second kappa shape index (κ2) is 5.32. The van der Waals surface area contributed by atoms with E-state index in [4.69, 9.17) is 5.11 Å². The quantitative estimate of drug-likeness (QED) is 0.931. The summed E-state index contributed by atoms with van der Waals surface area (Å²) >= 11 is 0. The summed E-state index contributed by atoms with van der Waals surface area (Å²) < 4.78 is 16.3. The van der Waals surface area contributed by atoms with Gasteiger partial charge in [-0.05, 0) is 37.6 Å². The Morgan fingerprint density at radius 3 is 2.55 bits per heavy atom. The van der Waals surface area contributed by atoms with Crippen molar-refractivity contribution >= 4 is 5.97 Å². The number of benzene rings is 1. The molecule has 0 aliphatic heterocycles. The molecule has 0 aliphatic carbocycles. The van der Waals surface area contributed by atoms with Gasteiger partial charge in [-0.1, -0.05) is 0 Å². The summed E-state index contributed by atoms with van der Waals surface area (Å²) in [7, 11) is 0. The Bertz CT molecular complexity index is 701. The zero-order chi connectivity index (χ0) is 14.9. The predicted octanol–water partition coefficient (Wildman–Crippen LogP) is 2.12. The van der Waals surface area contributed by atoms with Crippen LogP contribution in [0.4, 0.5) is 4.39 Å². The van der Waals surface area contributed by atoms with E-state index >= 15 is 0 Å². The van der Waals surface area contributed by atoms with Crippen LogP contribution in [-0.4, -0.2) is 20.2 Å². The lowest BCUT2D eigenvalue weighted by atomic mass is 10.1. The van der Waals surface area contributed by atoms with Crippen LogP contribution in [0.2, 0.25) is 0 Å². The Morgan fingerprint density at radius 1 is 1.30 bits per heavy atom. The van der Waals surface area contributed by atoms with E-state index < -0.39 is 11.8 Å². The van der Waals surface area contributed by atoms with Gasteiger partial charge in [0.2, 0.25) is 0 Å². The van der Waals surface area contributed by atoms with Gasteiger partial charge < -0.3 is 5.11 Å². The molecule has 0 radical (unpaired) electrons. The SMILES string of the molecule is CC(C)n1ccn(Cc2cc(F)cc(C(=O)O)c2)c1=O. The van der Waals surface area contributed by atoms with Gasteiger partial charge in [-0.3, -0.25) is 9.13 Å². The number of carboxylic acid groups (broad SMARTS) is 1. The van der Waals surface area contributed by atoms with Crippen molar-refractivity contribution < 1.29 is 14.3 Å². The van der Waals surface area contributed by atoms with Crippen molar-refractivity contribution in [2.24, 2.45) is 0 Å². The van der Waals surface area contributed by atoms with Gasteiger partial charge in [0.25, 0.3) is 0 Å². The first-order chi connectivity index (χ1) is 9.38. The molecule has 0 atom stereocenters. The third-order valence-electron chi connectivity index (χ3n) is 2.99. The molecule has 106 valence electrons. The highest BCUT2D eigenvalue weighted by Gasteiger charge is 2.10.